The molecule has 0 radical (unpaired) electrons. The molecule has 2 aromatic carbocycles. The Morgan fingerprint density at radius 1 is 1.06 bits per heavy atom. The molecule has 0 fully saturated rings. The molecular formula is C27H26N6O. The van der Waals surface area contributed by atoms with Crippen LogP contribution in [0.3, 0.4) is 0 Å². The fourth-order valence-corrected chi connectivity index (χ4v) is 4.46. The second-order valence-electron chi connectivity index (χ2n) is 8.58. The smallest absolute Gasteiger partial charge is 0.152 e. The van der Waals surface area contributed by atoms with Crippen molar-refractivity contribution in [2.45, 2.75) is 18.9 Å². The highest BCUT2D eigenvalue weighted by molar-refractivity contribution is 6.07. The zero-order chi connectivity index (χ0) is 23.5. The summed E-state index contributed by atoms with van der Waals surface area (Å²) < 4.78 is 0. The molecule has 0 saturated carbocycles. The van der Waals surface area contributed by atoms with Crippen molar-refractivity contribution in [1.82, 2.24) is 24.8 Å². The van der Waals surface area contributed by atoms with Gasteiger partial charge in [0.25, 0.3) is 0 Å². The number of nitrogens with zero attached hydrogens (tertiary/aromatic N) is 4. The van der Waals surface area contributed by atoms with Gasteiger partial charge in [-0.1, -0.05) is 48.5 Å². The van der Waals surface area contributed by atoms with E-state index < -0.39 is 0 Å². The Labute approximate surface area is 197 Å². The highest BCUT2D eigenvalue weighted by atomic mass is 16.1. The number of nitrogens with two attached hydrogens (primary N) is 1. The Balaban J connectivity index is 1.42. The Bertz CT molecular complexity index is 1430. The molecular weight excluding hydrogens is 424 g/mol. The highest BCUT2D eigenvalue weighted by Gasteiger charge is 2.17. The van der Waals surface area contributed by atoms with E-state index in [2.05, 4.69) is 38.1 Å². The lowest BCUT2D eigenvalue weighted by Crippen LogP contribution is -2.25. The van der Waals surface area contributed by atoms with Crippen LogP contribution in [-0.2, 0) is 11.3 Å². The molecule has 0 spiro atoms. The third-order valence-electron chi connectivity index (χ3n) is 6.10. The first-order valence-corrected chi connectivity index (χ1v) is 11.3. The number of hydrogen-bond acceptors (Lipinski definition) is 6. The molecule has 3 N–H and O–H groups in total. The third-order valence-corrected chi connectivity index (χ3v) is 6.10. The average molecular weight is 451 g/mol. The molecule has 5 rings (SSSR count). The summed E-state index contributed by atoms with van der Waals surface area (Å²) in [7, 11) is 2.04. The van der Waals surface area contributed by atoms with E-state index >= 15 is 0 Å². The molecule has 1 unspecified atom stereocenters. The minimum Gasteiger partial charge on any atom is -0.382 e. The molecule has 0 amide bonds. The molecule has 0 bridgehead atoms. The number of likely N-dealkylation sites (N-methyl/N-ethyl adjacent to an activating group) is 1. The monoisotopic (exact) mass is 450 g/mol. The quantitative estimate of drug-likeness (QED) is 0.336. The molecule has 7 heteroatoms. The number of nitrogen functional groups attached to an aromatic ring is 1. The van der Waals surface area contributed by atoms with Crippen LogP contribution >= 0.6 is 0 Å². The summed E-state index contributed by atoms with van der Waals surface area (Å²) in [6, 6.07) is 20.2. The van der Waals surface area contributed by atoms with E-state index in [0.717, 1.165) is 51.8 Å². The Hall–Kier alpha value is -4.10. The lowest BCUT2D eigenvalue weighted by Gasteiger charge is -2.22. The van der Waals surface area contributed by atoms with Gasteiger partial charge in [0.05, 0.1) is 17.6 Å². The highest BCUT2D eigenvalue weighted by Crippen LogP contribution is 2.30. The van der Waals surface area contributed by atoms with Gasteiger partial charge in [0.15, 0.2) is 5.82 Å². The van der Waals surface area contributed by atoms with Crippen molar-refractivity contribution < 1.29 is 4.79 Å². The number of H-pyrrole nitrogens is 1. The van der Waals surface area contributed by atoms with Crippen LogP contribution in [-0.4, -0.2) is 44.7 Å². The van der Waals surface area contributed by atoms with Gasteiger partial charge in [-0.05, 0) is 30.3 Å². The maximum atomic E-state index is 11.3. The van der Waals surface area contributed by atoms with Gasteiger partial charge in [-0.25, -0.2) is 9.97 Å². The third kappa shape index (κ3) is 4.38. The number of aldehydes is 1. The molecule has 170 valence electrons. The summed E-state index contributed by atoms with van der Waals surface area (Å²) in [5.41, 5.74) is 11.9. The minimum atomic E-state index is 0.131. The van der Waals surface area contributed by atoms with Gasteiger partial charge < -0.3 is 15.5 Å². The van der Waals surface area contributed by atoms with E-state index in [9.17, 15) is 4.79 Å². The first-order chi connectivity index (χ1) is 16.6. The Kier molecular flexibility index (Phi) is 6.01. The number of aromatic amines is 1. The van der Waals surface area contributed by atoms with E-state index in [4.69, 9.17) is 10.7 Å². The average Bonchev–Trinajstić information content (AvgIpc) is 3.29. The number of benzene rings is 2. The van der Waals surface area contributed by atoms with E-state index in [1.54, 1.807) is 6.20 Å². The molecule has 7 nitrogen and oxygen atoms in total. The maximum Gasteiger partial charge on any atom is 0.152 e. The second-order valence-corrected chi connectivity index (χ2v) is 8.58. The predicted octanol–water partition coefficient (Wildman–Crippen LogP) is 4.56. The molecule has 3 heterocycles. The number of aromatic nitrogens is 4. The first kappa shape index (κ1) is 21.7. The number of imidazole rings is 1. The largest absolute Gasteiger partial charge is 0.382 e. The Morgan fingerprint density at radius 2 is 1.91 bits per heavy atom. The number of pyridine rings is 2. The van der Waals surface area contributed by atoms with Crippen LogP contribution < -0.4 is 5.73 Å². The molecule has 3 aromatic heterocycles. The zero-order valence-corrected chi connectivity index (χ0v) is 19.0. The number of fused-ring (bicyclic) bond motifs is 3. The van der Waals surface area contributed by atoms with Crippen LogP contribution in [0.25, 0.3) is 33.1 Å². The van der Waals surface area contributed by atoms with Gasteiger partial charge in [0, 0.05) is 42.2 Å². The molecule has 34 heavy (non-hydrogen) atoms. The summed E-state index contributed by atoms with van der Waals surface area (Å²) in [6.07, 6.45) is 5.06. The SMILES string of the molecule is CN(Cc1nc2c(N)nc3cc(-c4cccnc4)ccc3c2[nH]1)CC(CC=O)c1ccccc1. The number of carbonyl (C=O) groups is 1. The van der Waals surface area contributed by atoms with E-state index in [1.165, 1.54) is 0 Å². The van der Waals surface area contributed by atoms with E-state index in [0.29, 0.717) is 24.3 Å². The summed E-state index contributed by atoms with van der Waals surface area (Å²) in [5, 5.41) is 0.973. The van der Waals surface area contributed by atoms with Gasteiger partial charge in [-0.3, -0.25) is 9.88 Å². The topological polar surface area (TPSA) is 101 Å². The fourth-order valence-electron chi connectivity index (χ4n) is 4.46. The molecule has 0 aliphatic carbocycles. The summed E-state index contributed by atoms with van der Waals surface area (Å²) in [6.45, 7) is 1.34. The minimum absolute atomic E-state index is 0.131. The van der Waals surface area contributed by atoms with Gasteiger partial charge >= 0.3 is 0 Å². The standard InChI is InChI=1S/C27H26N6O/c1-33(16-21(11-13-34)18-6-3-2-4-7-18)17-24-31-25-22-10-9-19(20-8-5-12-29-15-20)14-23(22)30-27(28)26(25)32-24/h2-10,12-15,21H,11,16-17H2,1H3,(H2,28,30)(H,31,32). The van der Waals surface area contributed by atoms with Crippen LogP contribution in [0.5, 0.6) is 0 Å². The van der Waals surface area contributed by atoms with Gasteiger partial charge in [0.1, 0.15) is 17.6 Å². The molecule has 0 aliphatic rings. The number of hydrogen-bond donors (Lipinski definition) is 2. The number of anilines is 1. The normalized spacial score (nSPS) is 12.4. The predicted molar refractivity (Wildman–Crippen MR) is 135 cm³/mol. The second kappa shape index (κ2) is 9.41. The Morgan fingerprint density at radius 3 is 2.68 bits per heavy atom. The molecule has 1 atom stereocenters. The lowest BCUT2D eigenvalue weighted by molar-refractivity contribution is -0.108. The fraction of sp³-hybridized carbons (Fsp3) is 0.185. The summed E-state index contributed by atoms with van der Waals surface area (Å²) in [4.78, 5) is 30.5. The maximum absolute atomic E-state index is 11.3. The molecule has 0 saturated heterocycles. The number of rotatable bonds is 8. The number of carbonyl (C=O) groups excluding carboxylic acids is 1. The summed E-state index contributed by atoms with van der Waals surface area (Å²) in [5.74, 6) is 1.35. The van der Waals surface area contributed by atoms with E-state index in [1.807, 2.05) is 55.7 Å². The van der Waals surface area contributed by atoms with Crippen LogP contribution in [0, 0.1) is 0 Å². The number of nitrogens with one attached hydrogen (secondary N) is 1. The van der Waals surface area contributed by atoms with Gasteiger partial charge in [-0.2, -0.15) is 0 Å². The van der Waals surface area contributed by atoms with Crippen molar-refractivity contribution in [1.29, 1.82) is 0 Å². The van der Waals surface area contributed by atoms with Gasteiger partial charge in [0.2, 0.25) is 0 Å². The van der Waals surface area contributed by atoms with Crippen LogP contribution in [0.15, 0.2) is 73.1 Å². The van der Waals surface area contributed by atoms with Crippen molar-refractivity contribution in [3.63, 3.8) is 0 Å². The molecule has 5 aromatic rings. The van der Waals surface area contributed by atoms with E-state index in [-0.39, 0.29) is 5.92 Å². The van der Waals surface area contributed by atoms with Crippen molar-refractivity contribution in [3.05, 3.63) is 84.4 Å². The molecule has 0 aliphatic heterocycles. The first-order valence-electron chi connectivity index (χ1n) is 11.3. The lowest BCUT2D eigenvalue weighted by atomic mass is 9.96. The van der Waals surface area contributed by atoms with Crippen molar-refractivity contribution >= 4 is 34.0 Å². The van der Waals surface area contributed by atoms with Crippen LogP contribution in [0.2, 0.25) is 0 Å². The van der Waals surface area contributed by atoms with Crippen LogP contribution in [0.4, 0.5) is 5.82 Å². The van der Waals surface area contributed by atoms with Crippen molar-refractivity contribution in [2.24, 2.45) is 0 Å². The zero-order valence-electron chi connectivity index (χ0n) is 19.0. The summed E-state index contributed by atoms with van der Waals surface area (Å²) >= 11 is 0. The van der Waals surface area contributed by atoms with Crippen molar-refractivity contribution in [3.8, 4) is 11.1 Å². The van der Waals surface area contributed by atoms with Crippen molar-refractivity contribution in [2.75, 3.05) is 19.3 Å². The van der Waals surface area contributed by atoms with Gasteiger partial charge in [-0.15, -0.1) is 0 Å². The van der Waals surface area contributed by atoms with Crippen LogP contribution in [0.1, 0.15) is 23.7 Å².